The maximum atomic E-state index is 13.3. The minimum atomic E-state index is -1.15. The van der Waals surface area contributed by atoms with Crippen molar-refractivity contribution in [2.75, 3.05) is 13.7 Å². The number of nitrogens with zero attached hydrogens (tertiary/aromatic N) is 4. The molecule has 1 amide bonds. The number of esters is 3. The molecule has 4 atom stereocenters. The van der Waals surface area contributed by atoms with Crippen LogP contribution >= 0.6 is 0 Å². The van der Waals surface area contributed by atoms with Crippen LogP contribution in [0, 0.1) is 0 Å². The predicted octanol–water partition coefficient (Wildman–Crippen LogP) is 7.22. The summed E-state index contributed by atoms with van der Waals surface area (Å²) in [5.41, 5.74) is 5.85. The van der Waals surface area contributed by atoms with E-state index in [2.05, 4.69) is 23.9 Å². The van der Waals surface area contributed by atoms with Gasteiger partial charge in [-0.25, -0.2) is 14.5 Å². The highest BCUT2D eigenvalue weighted by atomic mass is 16.7. The number of primary amides is 1. The lowest BCUT2D eigenvalue weighted by molar-refractivity contribution is -0.169. The van der Waals surface area contributed by atoms with Gasteiger partial charge < -0.3 is 29.6 Å². The Morgan fingerprint density at radius 3 is 1.81 bits per heavy atom. The van der Waals surface area contributed by atoms with E-state index in [1.807, 2.05) is 19.3 Å². The predicted molar refractivity (Wildman–Crippen MR) is 196 cm³/mol. The number of carbonyl (C=O) groups excluding carboxylic acids is 4. The maximum Gasteiger partial charge on any atom is 0.335 e. The Morgan fingerprint density at radius 2 is 1.31 bits per heavy atom. The third-order valence-corrected chi connectivity index (χ3v) is 9.46. The number of unbranched alkanes of at least 4 members (excludes halogenated alkanes) is 16. The third-order valence-electron chi connectivity index (χ3n) is 9.46. The van der Waals surface area contributed by atoms with Gasteiger partial charge in [-0.2, -0.15) is 0 Å². The number of hydrogen-bond acceptors (Lipinski definition) is 11. The molecule has 0 unspecified atom stereocenters. The van der Waals surface area contributed by atoms with Crippen molar-refractivity contribution in [2.45, 2.75) is 173 Å². The Bertz CT molecular complexity index is 1300. The lowest BCUT2D eigenvalue weighted by Gasteiger charge is -2.24. The highest BCUT2D eigenvalue weighted by Gasteiger charge is 2.51. The second-order valence-corrected chi connectivity index (χ2v) is 14.1. The monoisotopic (exact) mass is 729 g/mol. The Balaban J connectivity index is 1.68. The van der Waals surface area contributed by atoms with E-state index in [4.69, 9.17) is 24.7 Å². The molecule has 1 fully saturated rings. The largest absolute Gasteiger partial charge is 0.459 e. The van der Waals surface area contributed by atoms with E-state index in [0.29, 0.717) is 24.8 Å². The molecule has 2 aliphatic heterocycles. The van der Waals surface area contributed by atoms with Gasteiger partial charge in [0.25, 0.3) is 5.91 Å². The van der Waals surface area contributed by atoms with Crippen LogP contribution in [0.5, 0.6) is 0 Å². The average molecular weight is 730 g/mol. The van der Waals surface area contributed by atoms with Crippen molar-refractivity contribution in [1.82, 2.24) is 19.7 Å². The Morgan fingerprint density at radius 1 is 0.788 bits per heavy atom. The summed E-state index contributed by atoms with van der Waals surface area (Å²) in [5.74, 6) is -2.58. The van der Waals surface area contributed by atoms with E-state index in [-0.39, 0.29) is 25.3 Å². The first kappa shape index (κ1) is 42.7. The van der Waals surface area contributed by atoms with Gasteiger partial charge in [-0.15, -0.1) is 5.10 Å². The molecule has 0 saturated carbocycles. The van der Waals surface area contributed by atoms with Gasteiger partial charge in [-0.05, 0) is 19.0 Å². The molecular formula is C39H63N5O8. The number of ether oxygens (including phenoxy) is 4. The van der Waals surface area contributed by atoms with Crippen molar-refractivity contribution in [3.63, 3.8) is 0 Å². The van der Waals surface area contributed by atoms with Gasteiger partial charge in [0.15, 0.2) is 18.4 Å². The molecule has 1 aromatic rings. The minimum Gasteiger partial charge on any atom is -0.459 e. The molecule has 0 spiro atoms. The maximum absolute atomic E-state index is 13.3. The second kappa shape index (κ2) is 24.5. The number of amides is 1. The molecule has 1 saturated heterocycles. The van der Waals surface area contributed by atoms with Gasteiger partial charge in [0, 0.05) is 32.5 Å². The number of nitrogens with two attached hydrogens (primary N) is 1. The zero-order valence-electron chi connectivity index (χ0n) is 31.8. The number of aromatic nitrogens is 3. The number of hydrogen-bond donors (Lipinski definition) is 1. The summed E-state index contributed by atoms with van der Waals surface area (Å²) in [5, 5.41) is 4.14. The summed E-state index contributed by atoms with van der Waals surface area (Å²) < 4.78 is 25.1. The van der Waals surface area contributed by atoms with Gasteiger partial charge in [0.1, 0.15) is 19.0 Å². The number of rotatable bonds is 27. The van der Waals surface area contributed by atoms with Crippen molar-refractivity contribution >= 4 is 23.8 Å². The van der Waals surface area contributed by atoms with Crippen LogP contribution in [0.15, 0.2) is 30.4 Å². The molecule has 2 N–H and O–H groups in total. The van der Waals surface area contributed by atoms with Crippen LogP contribution in [0.4, 0.5) is 0 Å². The molecule has 13 heteroatoms. The minimum absolute atomic E-state index is 0.177. The first-order chi connectivity index (χ1) is 25.2. The molecule has 292 valence electrons. The Kier molecular flexibility index (Phi) is 20.1. The van der Waals surface area contributed by atoms with Gasteiger partial charge in [-0.1, -0.05) is 123 Å². The van der Waals surface area contributed by atoms with Crippen LogP contribution in [0.3, 0.4) is 0 Å². The number of allylic oxidation sites excluding steroid dienone is 1. The van der Waals surface area contributed by atoms with Crippen LogP contribution in [-0.4, -0.2) is 75.4 Å². The summed E-state index contributed by atoms with van der Waals surface area (Å²) in [4.78, 5) is 57.0. The fourth-order valence-corrected chi connectivity index (χ4v) is 6.49. The molecule has 0 radical (unpaired) electrons. The quantitative estimate of drug-likeness (QED) is 0.0552. The van der Waals surface area contributed by atoms with E-state index in [0.717, 1.165) is 38.5 Å². The van der Waals surface area contributed by atoms with Crippen molar-refractivity contribution < 1.29 is 38.1 Å². The highest BCUT2D eigenvalue weighted by molar-refractivity contribution is 5.89. The lowest BCUT2D eigenvalue weighted by Crippen LogP contribution is -2.41. The Hall–Kier alpha value is -3.74. The first-order valence-corrected chi connectivity index (χ1v) is 19.7. The van der Waals surface area contributed by atoms with Crippen molar-refractivity contribution in [3.8, 4) is 0 Å². The van der Waals surface area contributed by atoms with Gasteiger partial charge >= 0.3 is 17.9 Å². The zero-order valence-corrected chi connectivity index (χ0v) is 31.8. The van der Waals surface area contributed by atoms with E-state index >= 15 is 0 Å². The third kappa shape index (κ3) is 15.5. The van der Waals surface area contributed by atoms with Crippen LogP contribution in [0.25, 0.3) is 0 Å². The van der Waals surface area contributed by atoms with Gasteiger partial charge in [-0.3, -0.25) is 14.4 Å². The summed E-state index contributed by atoms with van der Waals surface area (Å²) in [7, 11) is 1.81. The smallest absolute Gasteiger partial charge is 0.335 e. The molecule has 0 bridgehead atoms. The highest BCUT2D eigenvalue weighted by Crippen LogP contribution is 2.35. The first-order valence-electron chi connectivity index (χ1n) is 19.7. The molecule has 0 aliphatic carbocycles. The fraction of sp³-hybridized carbons (Fsp3) is 0.744. The molecule has 3 rings (SSSR count). The SMILES string of the molecule is CCCCCCCCCCCC(=O)O[C@@H]1[C@H](OC(=O)CCCCCCCCCCC)[C@@H](COC(=O)C2=CN(C)C=CC2)O[C@H]1n1cnc(C(N)=O)n1. The molecule has 13 nitrogen and oxygen atoms in total. The molecule has 2 aliphatic rings. The molecular weight excluding hydrogens is 666 g/mol. The van der Waals surface area contributed by atoms with Crippen molar-refractivity contribution in [3.05, 3.63) is 36.2 Å². The normalized spacial score (nSPS) is 19.8. The van der Waals surface area contributed by atoms with Crippen LogP contribution in [0.1, 0.15) is 166 Å². The van der Waals surface area contributed by atoms with Gasteiger partial charge in [0.05, 0.1) is 5.57 Å². The van der Waals surface area contributed by atoms with Gasteiger partial charge in [0.2, 0.25) is 5.82 Å². The van der Waals surface area contributed by atoms with Crippen LogP contribution in [-0.2, 0) is 33.3 Å². The molecule has 52 heavy (non-hydrogen) atoms. The van der Waals surface area contributed by atoms with Crippen molar-refractivity contribution in [1.29, 1.82) is 0 Å². The molecule has 3 heterocycles. The standard InChI is InChI=1S/C39H63N5O8/c1-4-6-8-10-12-14-16-18-20-24-32(45)51-34-31(28-49-39(48)30-23-22-26-43(3)27-30)50-38(44-29-41-37(42-44)36(40)47)35(34)52-33(46)25-21-19-17-15-13-11-9-7-5-2/h22,26-27,29,31,34-35,38H,4-21,23-25,28H2,1-3H3,(H2,40,47)/t31-,34-,35-,38-/m1/s1. The summed E-state index contributed by atoms with van der Waals surface area (Å²) in [6.07, 6.45) is 22.8. The second-order valence-electron chi connectivity index (χ2n) is 14.1. The molecule has 0 aromatic carbocycles. The fourth-order valence-electron chi connectivity index (χ4n) is 6.49. The Labute approximate surface area is 310 Å². The van der Waals surface area contributed by atoms with E-state index in [1.54, 1.807) is 11.1 Å². The molecule has 1 aromatic heterocycles. The van der Waals surface area contributed by atoms with E-state index in [1.165, 1.54) is 75.2 Å². The lowest BCUT2D eigenvalue weighted by atomic mass is 10.1. The average Bonchev–Trinajstić information content (AvgIpc) is 3.74. The van der Waals surface area contributed by atoms with E-state index in [9.17, 15) is 19.2 Å². The zero-order chi connectivity index (χ0) is 37.6. The van der Waals surface area contributed by atoms with E-state index < -0.39 is 48.4 Å². The summed E-state index contributed by atoms with van der Waals surface area (Å²) in [6, 6.07) is 0. The summed E-state index contributed by atoms with van der Waals surface area (Å²) in [6.45, 7) is 4.13. The summed E-state index contributed by atoms with van der Waals surface area (Å²) >= 11 is 0. The van der Waals surface area contributed by atoms with Crippen molar-refractivity contribution in [2.24, 2.45) is 5.73 Å². The number of carbonyl (C=O) groups is 4. The van der Waals surface area contributed by atoms with Crippen LogP contribution in [0.2, 0.25) is 0 Å². The topological polar surface area (TPSA) is 165 Å². The van der Waals surface area contributed by atoms with Crippen LogP contribution < -0.4 is 5.73 Å².